The fraction of sp³-hybridized carbons (Fsp3) is 0.500. The minimum atomic E-state index is -0.0668. The second-order valence-electron chi connectivity index (χ2n) is 6.80. The van der Waals surface area contributed by atoms with E-state index in [-0.39, 0.29) is 17.2 Å². The number of aromatic nitrogens is 2. The van der Waals surface area contributed by atoms with E-state index in [1.807, 2.05) is 5.38 Å². The van der Waals surface area contributed by atoms with Crippen molar-refractivity contribution in [2.24, 2.45) is 11.8 Å². The number of thioether (sulfide) groups is 1. The lowest BCUT2D eigenvalue weighted by Crippen LogP contribution is -2.39. The lowest BCUT2D eigenvalue weighted by atomic mass is 10.1. The standard InChI is InChI=1S/C18H21N3O2S2/c1-2-8-21-17(23)13-7-9-24-16(13)20-18(21)25-10-14(22)19-15(11-3-4-11)12-5-6-12/h2,7,9,11-12,15H,1,3-6,8,10H2,(H,19,22). The van der Waals surface area contributed by atoms with Gasteiger partial charge in [0.1, 0.15) is 4.83 Å². The van der Waals surface area contributed by atoms with Gasteiger partial charge >= 0.3 is 0 Å². The van der Waals surface area contributed by atoms with Crippen LogP contribution in [0.4, 0.5) is 0 Å². The molecule has 0 radical (unpaired) electrons. The third-order valence-corrected chi connectivity index (χ3v) is 6.56. The van der Waals surface area contributed by atoms with Gasteiger partial charge in [-0.3, -0.25) is 14.2 Å². The summed E-state index contributed by atoms with van der Waals surface area (Å²) in [6.07, 6.45) is 6.64. The Bertz CT molecular complexity index is 853. The number of hydrogen-bond acceptors (Lipinski definition) is 5. The van der Waals surface area contributed by atoms with Gasteiger partial charge in [0, 0.05) is 12.6 Å². The van der Waals surface area contributed by atoms with Crippen molar-refractivity contribution < 1.29 is 4.79 Å². The van der Waals surface area contributed by atoms with Gasteiger partial charge in [0.15, 0.2) is 5.16 Å². The van der Waals surface area contributed by atoms with Gasteiger partial charge in [-0.25, -0.2) is 4.98 Å². The normalized spacial score (nSPS) is 17.2. The first-order valence-corrected chi connectivity index (χ1v) is 10.5. The van der Waals surface area contributed by atoms with Gasteiger partial charge in [-0.05, 0) is 49.0 Å². The van der Waals surface area contributed by atoms with E-state index in [1.54, 1.807) is 16.7 Å². The lowest BCUT2D eigenvalue weighted by molar-refractivity contribution is -0.119. The zero-order valence-corrected chi connectivity index (χ0v) is 15.6. The zero-order chi connectivity index (χ0) is 17.4. The van der Waals surface area contributed by atoms with Gasteiger partial charge in [0.2, 0.25) is 5.91 Å². The van der Waals surface area contributed by atoms with Gasteiger partial charge in [-0.1, -0.05) is 17.8 Å². The van der Waals surface area contributed by atoms with E-state index in [1.165, 1.54) is 48.8 Å². The third-order valence-electron chi connectivity index (χ3n) is 4.78. The van der Waals surface area contributed by atoms with Crippen molar-refractivity contribution in [3.05, 3.63) is 34.5 Å². The van der Waals surface area contributed by atoms with Crippen molar-refractivity contribution in [3.63, 3.8) is 0 Å². The van der Waals surface area contributed by atoms with Crippen LogP contribution in [0.15, 0.2) is 34.1 Å². The highest BCUT2D eigenvalue weighted by atomic mass is 32.2. The highest BCUT2D eigenvalue weighted by Crippen LogP contribution is 2.44. The van der Waals surface area contributed by atoms with E-state index in [0.29, 0.717) is 35.0 Å². The second kappa shape index (κ2) is 6.96. The van der Waals surface area contributed by atoms with E-state index in [4.69, 9.17) is 0 Å². The van der Waals surface area contributed by atoms with Crippen LogP contribution in [0, 0.1) is 11.8 Å². The molecule has 0 aliphatic heterocycles. The number of amides is 1. The minimum Gasteiger partial charge on any atom is -0.352 e. The van der Waals surface area contributed by atoms with Crippen molar-refractivity contribution in [2.45, 2.75) is 43.4 Å². The quantitative estimate of drug-likeness (QED) is 0.438. The molecule has 0 saturated heterocycles. The Labute approximate surface area is 154 Å². The van der Waals surface area contributed by atoms with Gasteiger partial charge in [-0.2, -0.15) is 0 Å². The molecule has 0 unspecified atom stereocenters. The average molecular weight is 376 g/mol. The maximum Gasteiger partial charge on any atom is 0.263 e. The van der Waals surface area contributed by atoms with E-state index >= 15 is 0 Å². The minimum absolute atomic E-state index is 0.0412. The summed E-state index contributed by atoms with van der Waals surface area (Å²) in [7, 11) is 0. The number of nitrogens with one attached hydrogen (secondary N) is 1. The predicted octanol–water partition coefficient (Wildman–Crippen LogP) is 3.04. The fourth-order valence-corrected chi connectivity index (χ4v) is 4.84. The van der Waals surface area contributed by atoms with Crippen LogP contribution >= 0.6 is 23.1 Å². The molecule has 5 nitrogen and oxygen atoms in total. The summed E-state index contributed by atoms with van der Waals surface area (Å²) in [5, 5.41) is 6.30. The SMILES string of the molecule is C=CCn1c(SCC(=O)NC(C2CC2)C2CC2)nc2sccc2c1=O. The van der Waals surface area contributed by atoms with Crippen molar-refractivity contribution in [2.75, 3.05) is 5.75 Å². The highest BCUT2D eigenvalue weighted by Gasteiger charge is 2.42. The Morgan fingerprint density at radius 3 is 2.80 bits per heavy atom. The number of rotatable bonds is 8. The summed E-state index contributed by atoms with van der Waals surface area (Å²) in [6.45, 7) is 4.12. The van der Waals surface area contributed by atoms with Crippen LogP contribution in [-0.4, -0.2) is 27.3 Å². The first-order chi connectivity index (χ1) is 12.2. The molecular weight excluding hydrogens is 354 g/mol. The Balaban J connectivity index is 1.47. The zero-order valence-electron chi connectivity index (χ0n) is 13.9. The largest absolute Gasteiger partial charge is 0.352 e. The molecule has 0 bridgehead atoms. The van der Waals surface area contributed by atoms with Crippen molar-refractivity contribution in [3.8, 4) is 0 Å². The lowest BCUT2D eigenvalue weighted by Gasteiger charge is -2.17. The van der Waals surface area contributed by atoms with Gasteiger partial charge in [0.05, 0.1) is 11.1 Å². The van der Waals surface area contributed by atoms with E-state index in [0.717, 1.165) is 4.83 Å². The first-order valence-electron chi connectivity index (χ1n) is 8.68. The summed E-state index contributed by atoms with van der Waals surface area (Å²) in [5.41, 5.74) is -0.0668. The van der Waals surface area contributed by atoms with Crippen LogP contribution in [0.2, 0.25) is 0 Å². The van der Waals surface area contributed by atoms with E-state index < -0.39 is 0 Å². The topological polar surface area (TPSA) is 64.0 Å². The van der Waals surface area contributed by atoms with Gasteiger partial charge < -0.3 is 5.32 Å². The Morgan fingerprint density at radius 1 is 1.44 bits per heavy atom. The number of allylic oxidation sites excluding steroid dienone is 1. The molecule has 0 spiro atoms. The maximum absolute atomic E-state index is 12.6. The molecule has 2 aromatic rings. The molecule has 2 aliphatic carbocycles. The van der Waals surface area contributed by atoms with Crippen LogP contribution in [0.1, 0.15) is 25.7 Å². The van der Waals surface area contributed by atoms with Crippen LogP contribution in [0.5, 0.6) is 0 Å². The van der Waals surface area contributed by atoms with Crippen LogP contribution < -0.4 is 10.9 Å². The van der Waals surface area contributed by atoms with E-state index in [2.05, 4.69) is 16.9 Å². The highest BCUT2D eigenvalue weighted by molar-refractivity contribution is 7.99. The molecule has 4 rings (SSSR count). The first kappa shape index (κ1) is 16.8. The molecule has 2 heterocycles. The summed E-state index contributed by atoms with van der Waals surface area (Å²) < 4.78 is 1.60. The number of hydrogen-bond donors (Lipinski definition) is 1. The molecule has 2 aliphatic rings. The molecule has 1 amide bonds. The Hall–Kier alpha value is -1.60. The Kier molecular flexibility index (Phi) is 4.69. The summed E-state index contributed by atoms with van der Waals surface area (Å²) in [6, 6.07) is 2.16. The van der Waals surface area contributed by atoms with Crippen molar-refractivity contribution in [1.82, 2.24) is 14.9 Å². The number of nitrogens with zero attached hydrogens (tertiary/aromatic N) is 2. The maximum atomic E-state index is 12.6. The fourth-order valence-electron chi connectivity index (χ4n) is 3.22. The number of thiophene rings is 1. The predicted molar refractivity (Wildman–Crippen MR) is 102 cm³/mol. The summed E-state index contributed by atoms with van der Waals surface area (Å²) in [4.78, 5) is 30.3. The third kappa shape index (κ3) is 3.67. The Morgan fingerprint density at radius 2 is 2.16 bits per heavy atom. The van der Waals surface area contributed by atoms with Gasteiger partial charge in [0.25, 0.3) is 5.56 Å². The average Bonchev–Trinajstić information content (AvgIpc) is 3.52. The molecular formula is C18H21N3O2S2. The molecule has 25 heavy (non-hydrogen) atoms. The van der Waals surface area contributed by atoms with Crippen molar-refractivity contribution >= 4 is 39.2 Å². The number of carbonyl (C=O) groups excluding carboxylic acids is 1. The summed E-state index contributed by atoms with van der Waals surface area (Å²) in [5.74, 6) is 1.69. The van der Waals surface area contributed by atoms with Crippen molar-refractivity contribution in [1.29, 1.82) is 0 Å². The smallest absolute Gasteiger partial charge is 0.263 e. The molecule has 7 heteroatoms. The van der Waals surface area contributed by atoms with Gasteiger partial charge in [-0.15, -0.1) is 17.9 Å². The second-order valence-corrected chi connectivity index (χ2v) is 8.63. The number of carbonyl (C=O) groups is 1. The molecule has 2 aromatic heterocycles. The van der Waals surface area contributed by atoms with Crippen LogP contribution in [-0.2, 0) is 11.3 Å². The van der Waals surface area contributed by atoms with Crippen LogP contribution in [0.3, 0.4) is 0 Å². The van der Waals surface area contributed by atoms with E-state index in [9.17, 15) is 9.59 Å². The van der Waals surface area contributed by atoms with Crippen LogP contribution in [0.25, 0.3) is 10.2 Å². The molecule has 2 saturated carbocycles. The molecule has 2 fully saturated rings. The monoisotopic (exact) mass is 375 g/mol. The summed E-state index contributed by atoms with van der Waals surface area (Å²) >= 11 is 2.78. The molecule has 132 valence electrons. The molecule has 1 N–H and O–H groups in total. The molecule has 0 atom stereocenters. The number of fused-ring (bicyclic) bond motifs is 1. The molecule has 0 aromatic carbocycles.